The van der Waals surface area contributed by atoms with Crippen LogP contribution in [0.15, 0.2) is 29.7 Å². The van der Waals surface area contributed by atoms with E-state index in [1.807, 2.05) is 29.7 Å². The van der Waals surface area contributed by atoms with Crippen LogP contribution in [-0.2, 0) is 4.79 Å². The van der Waals surface area contributed by atoms with Gasteiger partial charge in [-0.3, -0.25) is 14.5 Å². The van der Waals surface area contributed by atoms with Crippen molar-refractivity contribution < 1.29 is 9.90 Å². The maximum Gasteiger partial charge on any atom is 0.243 e. The number of H-pyrrole nitrogens is 1. The lowest BCUT2D eigenvalue weighted by Gasteiger charge is -2.18. The molecule has 2 heterocycles. The second kappa shape index (κ2) is 6.77. The van der Waals surface area contributed by atoms with Crippen molar-refractivity contribution >= 4 is 29.5 Å². The molecule has 23 heavy (non-hydrogen) atoms. The average Bonchev–Trinajstić information content (AvgIpc) is 3.26. The fraction of sp³-hybridized carbons (Fsp3) is 0.400. The molecule has 0 saturated heterocycles. The summed E-state index contributed by atoms with van der Waals surface area (Å²) in [6.45, 7) is 1.91. The topological polar surface area (TPSA) is 82.9 Å². The van der Waals surface area contributed by atoms with Crippen LogP contribution >= 0.6 is 23.6 Å². The fourth-order valence-electron chi connectivity index (χ4n) is 2.68. The lowest BCUT2D eigenvalue weighted by molar-refractivity contribution is -0.124. The summed E-state index contributed by atoms with van der Waals surface area (Å²) in [5.74, 6) is 0.671. The van der Waals surface area contributed by atoms with Crippen LogP contribution in [0.1, 0.15) is 19.4 Å². The van der Waals surface area contributed by atoms with Crippen LogP contribution < -0.4 is 5.32 Å². The molecule has 2 aromatic rings. The van der Waals surface area contributed by atoms with Gasteiger partial charge in [0, 0.05) is 18.6 Å². The second-order valence-electron chi connectivity index (χ2n) is 5.55. The third kappa shape index (κ3) is 3.29. The molecule has 3 N–H and O–H groups in total. The van der Waals surface area contributed by atoms with Crippen LogP contribution in [0.25, 0.3) is 10.7 Å². The normalized spacial score (nSPS) is 21.5. The summed E-state index contributed by atoms with van der Waals surface area (Å²) in [4.78, 5) is 13.5. The molecule has 2 aromatic heterocycles. The van der Waals surface area contributed by atoms with E-state index in [2.05, 4.69) is 15.5 Å². The number of aromatic amines is 1. The van der Waals surface area contributed by atoms with Crippen molar-refractivity contribution in [2.45, 2.75) is 25.4 Å². The number of carbonyl (C=O) groups is 1. The first kappa shape index (κ1) is 16.1. The van der Waals surface area contributed by atoms with Crippen LogP contribution in [0.4, 0.5) is 0 Å². The van der Waals surface area contributed by atoms with Crippen molar-refractivity contribution in [3.05, 3.63) is 34.4 Å². The van der Waals surface area contributed by atoms with Gasteiger partial charge in [-0.25, -0.2) is 0 Å². The third-order valence-electron chi connectivity index (χ3n) is 3.95. The first-order valence-electron chi connectivity index (χ1n) is 7.40. The Hall–Kier alpha value is -1.77. The molecule has 0 aromatic carbocycles. The Bertz CT molecular complexity index is 763. The van der Waals surface area contributed by atoms with E-state index in [-0.39, 0.29) is 24.5 Å². The van der Waals surface area contributed by atoms with Crippen LogP contribution in [0.2, 0.25) is 0 Å². The van der Waals surface area contributed by atoms with Crippen molar-refractivity contribution in [3.8, 4) is 10.7 Å². The Balaban J connectivity index is 1.77. The summed E-state index contributed by atoms with van der Waals surface area (Å²) in [6, 6.07) is 3.36. The molecule has 0 spiro atoms. The average molecular weight is 350 g/mol. The molecule has 0 fully saturated rings. The van der Waals surface area contributed by atoms with Gasteiger partial charge < -0.3 is 10.4 Å². The maximum absolute atomic E-state index is 12.6. The standard InChI is InChI=1S/C15H18N4O2S2/c1-9(14(21)16-11-5-4-10(7-11)8-20)19-13(17-18-15(19)22)12-3-2-6-23-12/h2-6,9-11,20H,7-8H2,1H3,(H,16,21)(H,18,22)/t9?,10-,11+/m0/s1. The highest BCUT2D eigenvalue weighted by Gasteiger charge is 2.25. The van der Waals surface area contributed by atoms with Gasteiger partial charge in [0.25, 0.3) is 0 Å². The molecule has 0 aliphatic heterocycles. The van der Waals surface area contributed by atoms with Crippen LogP contribution in [0, 0.1) is 10.7 Å². The predicted molar refractivity (Wildman–Crippen MR) is 91.7 cm³/mol. The highest BCUT2D eigenvalue weighted by molar-refractivity contribution is 7.71. The number of aliphatic hydroxyl groups excluding tert-OH is 1. The minimum absolute atomic E-state index is 0.0478. The first-order chi connectivity index (χ1) is 11.1. The molecule has 0 radical (unpaired) electrons. The van der Waals surface area contributed by atoms with Gasteiger partial charge in [-0.05, 0) is 37.0 Å². The van der Waals surface area contributed by atoms with Gasteiger partial charge in [0.2, 0.25) is 5.91 Å². The van der Waals surface area contributed by atoms with E-state index in [9.17, 15) is 4.79 Å². The molecule has 6 nitrogen and oxygen atoms in total. The number of nitrogens with one attached hydrogen (secondary N) is 2. The number of hydrogen-bond acceptors (Lipinski definition) is 5. The summed E-state index contributed by atoms with van der Waals surface area (Å²) >= 11 is 6.83. The molecule has 1 unspecified atom stereocenters. The number of amides is 1. The number of carbonyl (C=O) groups excluding carboxylic acids is 1. The zero-order chi connectivity index (χ0) is 16.4. The Morgan fingerprint density at radius 1 is 1.65 bits per heavy atom. The van der Waals surface area contributed by atoms with Gasteiger partial charge >= 0.3 is 0 Å². The number of nitrogens with zero attached hydrogens (tertiary/aromatic N) is 2. The highest BCUT2D eigenvalue weighted by Crippen LogP contribution is 2.26. The molecule has 0 saturated carbocycles. The monoisotopic (exact) mass is 350 g/mol. The number of thiophene rings is 1. The summed E-state index contributed by atoms with van der Waals surface area (Å²) < 4.78 is 2.16. The van der Waals surface area contributed by atoms with Gasteiger partial charge in [-0.15, -0.1) is 11.3 Å². The molecule has 3 rings (SSSR count). The minimum Gasteiger partial charge on any atom is -0.396 e. The van der Waals surface area contributed by atoms with E-state index in [1.165, 1.54) is 0 Å². The van der Waals surface area contributed by atoms with E-state index in [0.29, 0.717) is 10.6 Å². The minimum atomic E-state index is -0.472. The zero-order valence-electron chi connectivity index (χ0n) is 12.6. The number of aromatic nitrogens is 3. The zero-order valence-corrected chi connectivity index (χ0v) is 14.2. The van der Waals surface area contributed by atoms with Gasteiger partial charge in [-0.2, -0.15) is 5.10 Å². The van der Waals surface area contributed by atoms with E-state index < -0.39 is 6.04 Å². The lowest BCUT2D eigenvalue weighted by Crippen LogP contribution is -2.37. The molecular weight excluding hydrogens is 332 g/mol. The van der Waals surface area contributed by atoms with Gasteiger partial charge in [0.1, 0.15) is 6.04 Å². The number of rotatable bonds is 5. The van der Waals surface area contributed by atoms with Gasteiger partial charge in [-0.1, -0.05) is 18.2 Å². The summed E-state index contributed by atoms with van der Waals surface area (Å²) in [7, 11) is 0. The SMILES string of the molecule is CC(C(=O)N[C@@H]1C=C[C@H](CO)C1)n1c(-c2cccs2)n[nH]c1=S. The van der Waals surface area contributed by atoms with Gasteiger partial charge in [0.15, 0.2) is 10.6 Å². The molecule has 3 atom stereocenters. The molecule has 8 heteroatoms. The van der Waals surface area contributed by atoms with Crippen molar-refractivity contribution in [1.29, 1.82) is 0 Å². The highest BCUT2D eigenvalue weighted by atomic mass is 32.1. The molecule has 1 aliphatic rings. The molecule has 0 bridgehead atoms. The fourth-order valence-corrected chi connectivity index (χ4v) is 3.68. The van der Waals surface area contributed by atoms with Crippen molar-refractivity contribution in [3.63, 3.8) is 0 Å². The van der Waals surface area contributed by atoms with E-state index >= 15 is 0 Å². The predicted octanol–water partition coefficient (Wildman–Crippen LogP) is 2.28. The first-order valence-corrected chi connectivity index (χ1v) is 8.69. The van der Waals surface area contributed by atoms with Crippen molar-refractivity contribution in [2.24, 2.45) is 5.92 Å². The van der Waals surface area contributed by atoms with E-state index in [0.717, 1.165) is 11.3 Å². The Morgan fingerprint density at radius 2 is 2.48 bits per heavy atom. The smallest absolute Gasteiger partial charge is 0.243 e. The van der Waals surface area contributed by atoms with Crippen LogP contribution in [-0.4, -0.2) is 38.4 Å². The molecular formula is C15H18N4O2S2. The Kier molecular flexibility index (Phi) is 4.74. The van der Waals surface area contributed by atoms with Crippen molar-refractivity contribution in [1.82, 2.24) is 20.1 Å². The quantitative estimate of drug-likeness (QED) is 0.571. The van der Waals surface area contributed by atoms with Crippen molar-refractivity contribution in [2.75, 3.05) is 6.61 Å². The van der Waals surface area contributed by atoms with Crippen LogP contribution in [0.5, 0.6) is 0 Å². The maximum atomic E-state index is 12.6. The number of hydrogen-bond donors (Lipinski definition) is 3. The van der Waals surface area contributed by atoms with Gasteiger partial charge in [0.05, 0.1) is 4.88 Å². The van der Waals surface area contributed by atoms with Crippen LogP contribution in [0.3, 0.4) is 0 Å². The van der Waals surface area contributed by atoms with E-state index in [1.54, 1.807) is 22.8 Å². The summed E-state index contributed by atoms with van der Waals surface area (Å²) in [5, 5.41) is 21.1. The Labute approximate surface area is 142 Å². The summed E-state index contributed by atoms with van der Waals surface area (Å²) in [6.07, 6.45) is 4.60. The molecule has 122 valence electrons. The number of aliphatic hydroxyl groups is 1. The van der Waals surface area contributed by atoms with E-state index in [4.69, 9.17) is 17.3 Å². The molecule has 1 amide bonds. The largest absolute Gasteiger partial charge is 0.396 e. The third-order valence-corrected chi connectivity index (χ3v) is 5.10. The summed E-state index contributed by atoms with van der Waals surface area (Å²) in [5.41, 5.74) is 0. The Morgan fingerprint density at radius 3 is 3.13 bits per heavy atom. The molecule has 1 aliphatic carbocycles. The lowest BCUT2D eigenvalue weighted by atomic mass is 10.1. The second-order valence-corrected chi connectivity index (χ2v) is 6.89.